The Hall–Kier alpha value is -2.45. The molecule has 0 bridgehead atoms. The molecule has 6 nitrogen and oxygen atoms in total. The zero-order valence-electron chi connectivity index (χ0n) is 16.2. The fourth-order valence-electron chi connectivity index (χ4n) is 2.60. The highest BCUT2D eigenvalue weighted by molar-refractivity contribution is 7.88. The highest BCUT2D eigenvalue weighted by atomic mass is 32.2. The number of benzene rings is 2. The Labute approximate surface area is 166 Å². The zero-order chi connectivity index (χ0) is 20.4. The molecule has 3 N–H and O–H groups in total. The molecule has 0 fully saturated rings. The van der Waals surface area contributed by atoms with Crippen LogP contribution in [0.1, 0.15) is 23.6 Å². The molecule has 0 unspecified atom stereocenters. The molecule has 0 aromatic heterocycles. The normalized spacial score (nSPS) is 12.0. The molecule has 0 radical (unpaired) electrons. The van der Waals surface area contributed by atoms with Gasteiger partial charge in [-0.15, -0.1) is 0 Å². The van der Waals surface area contributed by atoms with E-state index >= 15 is 0 Å². The van der Waals surface area contributed by atoms with E-state index in [1.54, 1.807) is 18.2 Å². The van der Waals surface area contributed by atoms with Crippen LogP contribution in [0.25, 0.3) is 0 Å². The van der Waals surface area contributed by atoms with Gasteiger partial charge < -0.3 is 10.6 Å². The van der Waals surface area contributed by atoms with Gasteiger partial charge in [-0.1, -0.05) is 36.4 Å². The van der Waals surface area contributed by atoms with Crippen LogP contribution in [0, 0.1) is 5.82 Å². The van der Waals surface area contributed by atoms with Gasteiger partial charge in [0, 0.05) is 13.1 Å². The molecule has 0 amide bonds. The molecule has 0 atom stereocenters. The summed E-state index contributed by atoms with van der Waals surface area (Å²) in [6.45, 7) is 3.81. The molecule has 28 heavy (non-hydrogen) atoms. The second kappa shape index (κ2) is 10.8. The molecule has 0 saturated carbocycles. The van der Waals surface area contributed by atoms with Crippen molar-refractivity contribution in [2.45, 2.75) is 25.6 Å². The Morgan fingerprint density at radius 2 is 1.75 bits per heavy atom. The van der Waals surface area contributed by atoms with Crippen LogP contribution in [0.4, 0.5) is 4.39 Å². The van der Waals surface area contributed by atoms with Crippen molar-refractivity contribution in [3.63, 3.8) is 0 Å². The predicted octanol–water partition coefficient (Wildman–Crippen LogP) is 2.17. The van der Waals surface area contributed by atoms with E-state index < -0.39 is 10.0 Å². The van der Waals surface area contributed by atoms with Gasteiger partial charge in [0.25, 0.3) is 0 Å². The first-order chi connectivity index (χ1) is 13.4. The van der Waals surface area contributed by atoms with E-state index in [9.17, 15) is 12.8 Å². The third kappa shape index (κ3) is 7.66. The van der Waals surface area contributed by atoms with Crippen molar-refractivity contribution in [3.05, 3.63) is 71.0 Å². The monoisotopic (exact) mass is 406 g/mol. The molecule has 0 aliphatic heterocycles. The highest BCUT2D eigenvalue weighted by Crippen LogP contribution is 2.10. The largest absolute Gasteiger partial charge is 0.357 e. The minimum Gasteiger partial charge on any atom is -0.357 e. The number of nitrogens with zero attached hydrogens (tertiary/aromatic N) is 1. The maximum atomic E-state index is 13.0. The summed E-state index contributed by atoms with van der Waals surface area (Å²) in [4.78, 5) is 4.56. The Balaban J connectivity index is 1.95. The van der Waals surface area contributed by atoms with E-state index in [-0.39, 0.29) is 11.6 Å². The molecule has 152 valence electrons. The number of hydrogen-bond donors (Lipinski definition) is 3. The number of hydrogen-bond acceptors (Lipinski definition) is 3. The van der Waals surface area contributed by atoms with Crippen LogP contribution < -0.4 is 15.4 Å². The Morgan fingerprint density at radius 3 is 2.43 bits per heavy atom. The lowest BCUT2D eigenvalue weighted by atomic mass is 10.1. The minimum absolute atomic E-state index is 0.0585. The van der Waals surface area contributed by atoms with E-state index in [0.29, 0.717) is 19.0 Å². The van der Waals surface area contributed by atoms with Crippen LogP contribution >= 0.6 is 0 Å². The van der Waals surface area contributed by atoms with E-state index in [0.717, 1.165) is 29.7 Å². The van der Waals surface area contributed by atoms with Crippen molar-refractivity contribution in [2.24, 2.45) is 4.99 Å². The van der Waals surface area contributed by atoms with Gasteiger partial charge in [-0.2, -0.15) is 0 Å². The van der Waals surface area contributed by atoms with Gasteiger partial charge >= 0.3 is 0 Å². The summed E-state index contributed by atoms with van der Waals surface area (Å²) in [6.07, 6.45) is 0.752. The van der Waals surface area contributed by atoms with Crippen LogP contribution in [-0.4, -0.2) is 34.5 Å². The van der Waals surface area contributed by atoms with Crippen molar-refractivity contribution in [3.8, 4) is 0 Å². The minimum atomic E-state index is -3.30. The van der Waals surface area contributed by atoms with Crippen LogP contribution in [-0.2, 0) is 28.7 Å². The summed E-state index contributed by atoms with van der Waals surface area (Å²) in [5.41, 5.74) is 2.69. The summed E-state index contributed by atoms with van der Waals surface area (Å²) < 4.78 is 38.7. The molecular weight excluding hydrogens is 379 g/mol. The van der Waals surface area contributed by atoms with Crippen LogP contribution in [0.2, 0.25) is 0 Å². The van der Waals surface area contributed by atoms with Crippen molar-refractivity contribution >= 4 is 16.0 Å². The summed E-state index contributed by atoms with van der Waals surface area (Å²) in [5.74, 6) is 0.381. The van der Waals surface area contributed by atoms with Gasteiger partial charge in [0.2, 0.25) is 10.0 Å². The molecule has 8 heteroatoms. The zero-order valence-corrected chi connectivity index (χ0v) is 17.0. The number of halogens is 1. The van der Waals surface area contributed by atoms with E-state index in [1.165, 1.54) is 19.2 Å². The number of sulfonamides is 1. The van der Waals surface area contributed by atoms with Gasteiger partial charge in [-0.25, -0.2) is 22.5 Å². The Morgan fingerprint density at radius 1 is 1.04 bits per heavy atom. The van der Waals surface area contributed by atoms with E-state index in [4.69, 9.17) is 0 Å². The molecule has 0 saturated heterocycles. The lowest BCUT2D eigenvalue weighted by Gasteiger charge is -2.11. The summed E-state index contributed by atoms with van der Waals surface area (Å²) in [5, 5.41) is 6.44. The molecule has 2 aromatic carbocycles. The van der Waals surface area contributed by atoms with Gasteiger partial charge in [0.15, 0.2) is 5.96 Å². The third-order valence-corrected chi connectivity index (χ3v) is 5.38. The smallest absolute Gasteiger partial charge is 0.215 e. The first kappa shape index (κ1) is 21.8. The molecule has 0 heterocycles. The quantitative estimate of drug-likeness (QED) is 0.440. The van der Waals surface area contributed by atoms with Crippen molar-refractivity contribution in [1.29, 1.82) is 0 Å². The van der Waals surface area contributed by atoms with Crippen molar-refractivity contribution < 1.29 is 12.8 Å². The second-order valence-electron chi connectivity index (χ2n) is 6.28. The number of rotatable bonds is 9. The SMILES string of the molecule is CCNC(=NCc1cccc(CS(=O)(=O)NC)c1)NCCc1ccc(F)cc1. The maximum Gasteiger partial charge on any atom is 0.215 e. The van der Waals surface area contributed by atoms with Crippen LogP contribution in [0.3, 0.4) is 0 Å². The van der Waals surface area contributed by atoms with Gasteiger partial charge in [-0.05, 0) is 49.2 Å². The second-order valence-corrected chi connectivity index (χ2v) is 8.21. The first-order valence-electron chi connectivity index (χ1n) is 9.17. The average Bonchev–Trinajstić information content (AvgIpc) is 2.67. The molecule has 0 aliphatic carbocycles. The average molecular weight is 407 g/mol. The Kier molecular flexibility index (Phi) is 8.41. The summed E-state index contributed by atoms with van der Waals surface area (Å²) >= 11 is 0. The molecule has 0 spiro atoms. The maximum absolute atomic E-state index is 13.0. The van der Waals surface area contributed by atoms with Gasteiger partial charge in [-0.3, -0.25) is 0 Å². The predicted molar refractivity (Wildman–Crippen MR) is 111 cm³/mol. The number of aliphatic imine (C=N–C) groups is 1. The lowest BCUT2D eigenvalue weighted by molar-refractivity contribution is 0.587. The van der Waals surface area contributed by atoms with Crippen LogP contribution in [0.5, 0.6) is 0 Å². The summed E-state index contributed by atoms with van der Waals surface area (Å²) in [6, 6.07) is 13.8. The standard InChI is InChI=1S/C20H27FN4O2S/c1-3-23-20(24-12-11-16-7-9-19(21)10-8-16)25-14-17-5-4-6-18(13-17)15-28(26,27)22-2/h4-10,13,22H,3,11-12,14-15H2,1-2H3,(H2,23,24,25). The van der Waals surface area contributed by atoms with E-state index in [2.05, 4.69) is 20.3 Å². The van der Waals surface area contributed by atoms with E-state index in [1.807, 2.05) is 25.1 Å². The third-order valence-electron chi connectivity index (χ3n) is 4.04. The molecule has 2 aromatic rings. The fraction of sp³-hybridized carbons (Fsp3) is 0.350. The molecular formula is C20H27FN4O2S. The van der Waals surface area contributed by atoms with Crippen molar-refractivity contribution in [1.82, 2.24) is 15.4 Å². The fourth-order valence-corrected chi connectivity index (χ4v) is 3.36. The topological polar surface area (TPSA) is 82.6 Å². The van der Waals surface area contributed by atoms with Crippen LogP contribution in [0.15, 0.2) is 53.5 Å². The molecule has 2 rings (SSSR count). The van der Waals surface area contributed by atoms with Crippen molar-refractivity contribution in [2.75, 3.05) is 20.1 Å². The number of nitrogens with one attached hydrogen (secondary N) is 3. The Bertz CT molecular complexity index is 883. The first-order valence-corrected chi connectivity index (χ1v) is 10.8. The molecule has 0 aliphatic rings. The summed E-state index contributed by atoms with van der Waals surface area (Å²) in [7, 11) is -1.90. The highest BCUT2D eigenvalue weighted by Gasteiger charge is 2.08. The number of guanidine groups is 1. The van der Waals surface area contributed by atoms with Gasteiger partial charge in [0.05, 0.1) is 12.3 Å². The van der Waals surface area contributed by atoms with Gasteiger partial charge in [0.1, 0.15) is 5.82 Å². The lowest BCUT2D eigenvalue weighted by Crippen LogP contribution is -2.38.